The normalized spacial score (nSPS) is 36.2. The predicted octanol–water partition coefficient (Wildman–Crippen LogP) is 1.42. The van der Waals surface area contributed by atoms with Gasteiger partial charge in [0.15, 0.2) is 0 Å². The van der Waals surface area contributed by atoms with Crippen molar-refractivity contribution in [2.75, 3.05) is 0 Å². The molecular weight excluding hydrogens is 189 g/mol. The van der Waals surface area contributed by atoms with Crippen LogP contribution in [0.4, 0.5) is 0 Å². The van der Waals surface area contributed by atoms with Crippen LogP contribution >= 0.6 is 7.60 Å². The predicted molar refractivity (Wildman–Crippen MR) is 51.2 cm³/mol. The van der Waals surface area contributed by atoms with Crippen molar-refractivity contribution in [3.63, 3.8) is 0 Å². The van der Waals surface area contributed by atoms with Crippen LogP contribution in [0.2, 0.25) is 0 Å². The molecule has 4 N–H and O–H groups in total. The van der Waals surface area contributed by atoms with E-state index in [1.807, 2.05) is 6.92 Å². The first-order chi connectivity index (χ1) is 5.92. The molecule has 2 atom stereocenters. The molecule has 78 valence electrons. The first-order valence-corrected chi connectivity index (χ1v) is 6.37. The van der Waals surface area contributed by atoms with E-state index in [-0.39, 0.29) is 5.92 Å². The molecule has 5 heteroatoms. The molecule has 4 nitrogen and oxygen atoms in total. The molecule has 0 aromatic heterocycles. The Balaban J connectivity index is 2.90. The third-order valence-corrected chi connectivity index (χ3v) is 4.80. The zero-order valence-corrected chi connectivity index (χ0v) is 8.83. The molecule has 13 heavy (non-hydrogen) atoms. The van der Waals surface area contributed by atoms with Crippen LogP contribution in [0.1, 0.15) is 39.0 Å². The second-order valence-electron chi connectivity index (χ2n) is 3.89. The fourth-order valence-corrected chi connectivity index (χ4v) is 3.43. The Labute approximate surface area is 78.7 Å². The molecule has 0 spiro atoms. The van der Waals surface area contributed by atoms with Crippen molar-refractivity contribution >= 4 is 7.60 Å². The van der Waals surface area contributed by atoms with Crippen LogP contribution in [-0.4, -0.2) is 15.1 Å². The molecule has 0 aliphatic heterocycles. The van der Waals surface area contributed by atoms with Gasteiger partial charge in [0.2, 0.25) is 0 Å². The minimum atomic E-state index is -4.15. The number of rotatable bonds is 2. The minimum absolute atomic E-state index is 0.0258. The summed E-state index contributed by atoms with van der Waals surface area (Å²) < 4.78 is 11.2. The highest BCUT2D eigenvalue weighted by Crippen LogP contribution is 2.57. The summed E-state index contributed by atoms with van der Waals surface area (Å²) >= 11 is 0. The van der Waals surface area contributed by atoms with Crippen LogP contribution in [0.15, 0.2) is 0 Å². The van der Waals surface area contributed by atoms with Gasteiger partial charge in [0, 0.05) is 0 Å². The molecule has 0 amide bonds. The summed E-state index contributed by atoms with van der Waals surface area (Å²) in [5.41, 5.74) is 5.83. The maximum absolute atomic E-state index is 11.2. The summed E-state index contributed by atoms with van der Waals surface area (Å²) in [6.07, 6.45) is 3.92. The number of hydrogen-bond donors (Lipinski definition) is 3. The Hall–Kier alpha value is 0.110. The molecule has 0 heterocycles. The van der Waals surface area contributed by atoms with Gasteiger partial charge in [0.25, 0.3) is 0 Å². The fourth-order valence-electron chi connectivity index (χ4n) is 2.19. The van der Waals surface area contributed by atoms with Crippen molar-refractivity contribution in [2.45, 2.75) is 44.3 Å². The van der Waals surface area contributed by atoms with Crippen LogP contribution < -0.4 is 5.73 Å². The van der Waals surface area contributed by atoms with Crippen molar-refractivity contribution in [1.82, 2.24) is 0 Å². The lowest BCUT2D eigenvalue weighted by atomic mass is 9.83. The third kappa shape index (κ3) is 1.96. The SMILES string of the molecule is CC[C@H]1CCCC[C@]1(N)P(=O)(O)O. The van der Waals surface area contributed by atoms with Gasteiger partial charge in [0.1, 0.15) is 5.28 Å². The van der Waals surface area contributed by atoms with Gasteiger partial charge >= 0.3 is 7.60 Å². The molecule has 0 radical (unpaired) electrons. The second kappa shape index (κ2) is 3.70. The van der Waals surface area contributed by atoms with Gasteiger partial charge in [-0.05, 0) is 18.8 Å². The van der Waals surface area contributed by atoms with Gasteiger partial charge in [-0.3, -0.25) is 4.57 Å². The molecule has 1 aliphatic rings. The molecule has 1 rings (SSSR count). The average Bonchev–Trinajstić information content (AvgIpc) is 2.03. The molecule has 0 aromatic rings. The fraction of sp³-hybridized carbons (Fsp3) is 1.00. The first kappa shape index (κ1) is 11.2. The van der Waals surface area contributed by atoms with Gasteiger partial charge in [-0.1, -0.05) is 26.2 Å². The Morgan fingerprint density at radius 3 is 2.54 bits per heavy atom. The summed E-state index contributed by atoms with van der Waals surface area (Å²) in [5.74, 6) is -0.0258. The van der Waals surface area contributed by atoms with E-state index in [2.05, 4.69) is 0 Å². The number of nitrogens with two attached hydrogens (primary N) is 1. The zero-order valence-electron chi connectivity index (χ0n) is 7.94. The van der Waals surface area contributed by atoms with E-state index in [9.17, 15) is 14.4 Å². The van der Waals surface area contributed by atoms with Crippen molar-refractivity contribution in [3.8, 4) is 0 Å². The Morgan fingerprint density at radius 1 is 1.54 bits per heavy atom. The summed E-state index contributed by atoms with van der Waals surface area (Å²) in [5, 5.41) is -1.25. The highest BCUT2D eigenvalue weighted by atomic mass is 31.2. The van der Waals surface area contributed by atoms with Crippen molar-refractivity contribution in [2.24, 2.45) is 11.7 Å². The quantitative estimate of drug-likeness (QED) is 0.598. The standard InChI is InChI=1S/C8H18NO3P/c1-2-7-5-3-4-6-8(7,9)13(10,11)12/h7H,2-6,9H2,1H3,(H2,10,11,12)/t7-,8-/m0/s1. The topological polar surface area (TPSA) is 83.6 Å². The lowest BCUT2D eigenvalue weighted by Gasteiger charge is -2.40. The molecule has 1 aliphatic carbocycles. The molecule has 1 saturated carbocycles. The lowest BCUT2D eigenvalue weighted by Crippen LogP contribution is -2.48. The van der Waals surface area contributed by atoms with E-state index in [1.165, 1.54) is 0 Å². The van der Waals surface area contributed by atoms with Crippen LogP contribution in [0.25, 0.3) is 0 Å². The minimum Gasteiger partial charge on any atom is -0.323 e. The van der Waals surface area contributed by atoms with E-state index < -0.39 is 12.9 Å². The summed E-state index contributed by atoms with van der Waals surface area (Å²) in [6.45, 7) is 1.94. The summed E-state index contributed by atoms with van der Waals surface area (Å²) in [7, 11) is -4.15. The maximum Gasteiger partial charge on any atom is 0.345 e. The Bertz CT molecular complexity index is 227. The van der Waals surface area contributed by atoms with Crippen LogP contribution in [0.5, 0.6) is 0 Å². The largest absolute Gasteiger partial charge is 0.345 e. The third-order valence-electron chi connectivity index (χ3n) is 3.12. The lowest BCUT2D eigenvalue weighted by molar-refractivity contribution is 0.209. The molecule has 0 bridgehead atoms. The average molecular weight is 207 g/mol. The summed E-state index contributed by atoms with van der Waals surface area (Å²) in [4.78, 5) is 18.4. The smallest absolute Gasteiger partial charge is 0.323 e. The van der Waals surface area contributed by atoms with Gasteiger partial charge in [0.05, 0.1) is 0 Å². The molecule has 0 unspecified atom stereocenters. The van der Waals surface area contributed by atoms with Gasteiger partial charge in [-0.15, -0.1) is 0 Å². The van der Waals surface area contributed by atoms with E-state index in [1.54, 1.807) is 0 Å². The molecule has 1 fully saturated rings. The monoisotopic (exact) mass is 207 g/mol. The van der Waals surface area contributed by atoms with Crippen molar-refractivity contribution in [1.29, 1.82) is 0 Å². The molecular formula is C8H18NO3P. The molecule has 0 saturated heterocycles. The van der Waals surface area contributed by atoms with E-state index in [0.717, 1.165) is 25.7 Å². The second-order valence-corrected chi connectivity index (χ2v) is 5.81. The van der Waals surface area contributed by atoms with Crippen LogP contribution in [0, 0.1) is 5.92 Å². The van der Waals surface area contributed by atoms with Crippen LogP contribution in [-0.2, 0) is 4.57 Å². The van der Waals surface area contributed by atoms with E-state index in [4.69, 9.17) is 5.73 Å². The first-order valence-electron chi connectivity index (χ1n) is 4.76. The highest BCUT2D eigenvalue weighted by molar-refractivity contribution is 7.53. The van der Waals surface area contributed by atoms with Crippen LogP contribution in [0.3, 0.4) is 0 Å². The number of hydrogen-bond acceptors (Lipinski definition) is 2. The maximum atomic E-state index is 11.2. The van der Waals surface area contributed by atoms with E-state index in [0.29, 0.717) is 6.42 Å². The Kier molecular flexibility index (Phi) is 3.18. The van der Waals surface area contributed by atoms with Gasteiger partial charge < -0.3 is 15.5 Å². The van der Waals surface area contributed by atoms with Crippen molar-refractivity contribution in [3.05, 3.63) is 0 Å². The van der Waals surface area contributed by atoms with Gasteiger partial charge in [-0.25, -0.2) is 0 Å². The molecule has 0 aromatic carbocycles. The highest BCUT2D eigenvalue weighted by Gasteiger charge is 2.49. The Morgan fingerprint density at radius 2 is 2.15 bits per heavy atom. The summed E-state index contributed by atoms with van der Waals surface area (Å²) in [6, 6.07) is 0. The van der Waals surface area contributed by atoms with Crippen molar-refractivity contribution < 1.29 is 14.4 Å². The van der Waals surface area contributed by atoms with Gasteiger partial charge in [-0.2, -0.15) is 0 Å². The zero-order chi connectivity index (χ0) is 10.1. The van der Waals surface area contributed by atoms with E-state index >= 15 is 0 Å².